The van der Waals surface area contributed by atoms with Crippen LogP contribution in [0.4, 0.5) is 0 Å². The third-order valence-corrected chi connectivity index (χ3v) is 3.95. The van der Waals surface area contributed by atoms with Gasteiger partial charge in [-0.15, -0.1) is 0 Å². The van der Waals surface area contributed by atoms with Crippen molar-refractivity contribution in [3.8, 4) is 0 Å². The molecule has 0 aromatic carbocycles. The van der Waals surface area contributed by atoms with Crippen molar-refractivity contribution in [1.29, 1.82) is 0 Å². The van der Waals surface area contributed by atoms with Gasteiger partial charge in [0.25, 0.3) is 0 Å². The van der Waals surface area contributed by atoms with E-state index >= 15 is 0 Å². The third kappa shape index (κ3) is 8.03. The quantitative estimate of drug-likeness (QED) is 0.650. The number of carbonyl (C=O) groups is 1. The fourth-order valence-corrected chi connectivity index (χ4v) is 2.77. The maximum atomic E-state index is 11.4. The second-order valence-corrected chi connectivity index (χ2v) is 5.56. The molecule has 0 aromatic rings. The van der Waals surface area contributed by atoms with Crippen LogP contribution in [-0.2, 0) is 4.79 Å². The number of amides is 1. The van der Waals surface area contributed by atoms with Crippen LogP contribution < -0.4 is 4.72 Å². The molecule has 0 aromatic heterocycles. The minimum atomic E-state index is 0.222. The lowest BCUT2D eigenvalue weighted by Gasteiger charge is -2.03. The molecule has 1 aliphatic rings. The van der Waals surface area contributed by atoms with Gasteiger partial charge in [-0.3, -0.25) is 4.79 Å². The Labute approximate surface area is 104 Å². The fourth-order valence-electron chi connectivity index (χ4n) is 2.06. The average Bonchev–Trinajstić information content (AvgIpc) is 2.29. The van der Waals surface area contributed by atoms with E-state index in [0.717, 1.165) is 12.2 Å². The molecule has 1 rings (SSSR count). The van der Waals surface area contributed by atoms with Crippen molar-refractivity contribution < 1.29 is 4.79 Å². The lowest BCUT2D eigenvalue weighted by Crippen LogP contribution is -2.15. The Balaban J connectivity index is 2.13. The standard InChI is InChI=1S/C13H25NOS/c15-13-11-9-7-5-3-1-2-4-6-8-10-12-16-14-13/h1-12H2,(H,14,15). The molecule has 0 bridgehead atoms. The first-order valence-corrected chi connectivity index (χ1v) is 7.79. The first-order chi connectivity index (χ1) is 7.89. The highest BCUT2D eigenvalue weighted by molar-refractivity contribution is 7.97. The normalized spacial score (nSPS) is 22.9. The van der Waals surface area contributed by atoms with Gasteiger partial charge in [0.05, 0.1) is 0 Å². The van der Waals surface area contributed by atoms with Crippen LogP contribution in [0.2, 0.25) is 0 Å². The molecule has 16 heavy (non-hydrogen) atoms. The van der Waals surface area contributed by atoms with E-state index in [2.05, 4.69) is 4.72 Å². The molecule has 1 aliphatic heterocycles. The number of rotatable bonds is 0. The number of carbonyl (C=O) groups excluding carboxylic acids is 1. The number of hydrogen-bond acceptors (Lipinski definition) is 2. The predicted octanol–water partition coefficient (Wildman–Crippen LogP) is 4.06. The largest absolute Gasteiger partial charge is 0.300 e. The maximum Gasteiger partial charge on any atom is 0.229 e. The molecule has 1 heterocycles. The summed E-state index contributed by atoms with van der Waals surface area (Å²) in [6.45, 7) is 0. The monoisotopic (exact) mass is 243 g/mol. The summed E-state index contributed by atoms with van der Waals surface area (Å²) in [6, 6.07) is 0. The Bertz CT molecular complexity index is 167. The van der Waals surface area contributed by atoms with E-state index in [0.29, 0.717) is 6.42 Å². The van der Waals surface area contributed by atoms with E-state index in [1.165, 1.54) is 57.8 Å². The van der Waals surface area contributed by atoms with Crippen molar-refractivity contribution >= 4 is 17.9 Å². The molecule has 1 fully saturated rings. The van der Waals surface area contributed by atoms with Crippen molar-refractivity contribution in [1.82, 2.24) is 4.72 Å². The molecular weight excluding hydrogens is 218 g/mol. The van der Waals surface area contributed by atoms with Gasteiger partial charge in [0.15, 0.2) is 0 Å². The van der Waals surface area contributed by atoms with Crippen LogP contribution in [0.3, 0.4) is 0 Å². The summed E-state index contributed by atoms with van der Waals surface area (Å²) in [5.41, 5.74) is 0. The van der Waals surface area contributed by atoms with Crippen LogP contribution in [0.25, 0.3) is 0 Å². The SMILES string of the molecule is O=C1CCCCCCCCCCCCSN1. The maximum absolute atomic E-state index is 11.4. The van der Waals surface area contributed by atoms with E-state index in [1.807, 2.05) is 0 Å². The Morgan fingerprint density at radius 2 is 1.25 bits per heavy atom. The molecule has 0 radical (unpaired) electrons. The minimum absolute atomic E-state index is 0.222. The van der Waals surface area contributed by atoms with Gasteiger partial charge >= 0.3 is 0 Å². The molecule has 1 saturated heterocycles. The molecule has 0 aliphatic carbocycles. The van der Waals surface area contributed by atoms with Gasteiger partial charge in [0.1, 0.15) is 0 Å². The second-order valence-electron chi connectivity index (χ2n) is 4.66. The fraction of sp³-hybridized carbons (Fsp3) is 0.923. The van der Waals surface area contributed by atoms with Crippen LogP contribution in [0.1, 0.15) is 70.6 Å². The molecule has 0 unspecified atom stereocenters. The predicted molar refractivity (Wildman–Crippen MR) is 71.4 cm³/mol. The van der Waals surface area contributed by atoms with Crippen LogP contribution in [0.5, 0.6) is 0 Å². The molecule has 1 N–H and O–H groups in total. The minimum Gasteiger partial charge on any atom is -0.300 e. The second kappa shape index (κ2) is 10.0. The van der Waals surface area contributed by atoms with Gasteiger partial charge in [-0.05, 0) is 12.8 Å². The van der Waals surface area contributed by atoms with E-state index < -0.39 is 0 Å². The van der Waals surface area contributed by atoms with Crippen molar-refractivity contribution in [2.24, 2.45) is 0 Å². The van der Waals surface area contributed by atoms with E-state index in [4.69, 9.17) is 0 Å². The molecule has 94 valence electrons. The smallest absolute Gasteiger partial charge is 0.229 e. The van der Waals surface area contributed by atoms with Crippen molar-refractivity contribution in [2.45, 2.75) is 70.6 Å². The first-order valence-electron chi connectivity index (χ1n) is 6.80. The molecule has 0 spiro atoms. The molecular formula is C13H25NOS. The Hall–Kier alpha value is -0.180. The Morgan fingerprint density at radius 3 is 1.88 bits per heavy atom. The third-order valence-electron chi connectivity index (χ3n) is 3.09. The molecule has 0 atom stereocenters. The van der Waals surface area contributed by atoms with Gasteiger partial charge in [-0.1, -0.05) is 63.3 Å². The molecule has 0 saturated carbocycles. The van der Waals surface area contributed by atoms with E-state index in [9.17, 15) is 4.79 Å². The van der Waals surface area contributed by atoms with Crippen molar-refractivity contribution in [3.63, 3.8) is 0 Å². The zero-order chi connectivity index (χ0) is 11.5. The van der Waals surface area contributed by atoms with Crippen LogP contribution >= 0.6 is 11.9 Å². The van der Waals surface area contributed by atoms with Gasteiger partial charge in [0, 0.05) is 12.2 Å². The lowest BCUT2D eigenvalue weighted by atomic mass is 10.1. The Kier molecular flexibility index (Phi) is 8.68. The summed E-state index contributed by atoms with van der Waals surface area (Å²) >= 11 is 1.59. The summed E-state index contributed by atoms with van der Waals surface area (Å²) in [7, 11) is 0. The average molecular weight is 243 g/mol. The summed E-state index contributed by atoms with van der Waals surface area (Å²) in [5.74, 6) is 1.30. The summed E-state index contributed by atoms with van der Waals surface area (Å²) < 4.78 is 2.93. The summed E-state index contributed by atoms with van der Waals surface area (Å²) in [6.07, 6.45) is 13.8. The number of hydrogen-bond donors (Lipinski definition) is 1. The molecule has 1 amide bonds. The van der Waals surface area contributed by atoms with Crippen molar-refractivity contribution in [3.05, 3.63) is 0 Å². The van der Waals surface area contributed by atoms with Gasteiger partial charge in [-0.25, -0.2) is 0 Å². The zero-order valence-corrected chi connectivity index (χ0v) is 11.1. The zero-order valence-electron chi connectivity index (χ0n) is 10.3. The highest BCUT2D eigenvalue weighted by Gasteiger charge is 2.01. The molecule has 3 heteroatoms. The van der Waals surface area contributed by atoms with Crippen LogP contribution in [0.15, 0.2) is 0 Å². The van der Waals surface area contributed by atoms with E-state index in [-0.39, 0.29) is 5.91 Å². The van der Waals surface area contributed by atoms with Crippen LogP contribution in [0, 0.1) is 0 Å². The highest BCUT2D eigenvalue weighted by atomic mass is 32.2. The van der Waals surface area contributed by atoms with Crippen LogP contribution in [-0.4, -0.2) is 11.7 Å². The molecule has 2 nitrogen and oxygen atoms in total. The topological polar surface area (TPSA) is 29.1 Å². The summed E-state index contributed by atoms with van der Waals surface area (Å²) in [4.78, 5) is 11.4. The van der Waals surface area contributed by atoms with E-state index in [1.54, 1.807) is 11.9 Å². The van der Waals surface area contributed by atoms with Gasteiger partial charge in [-0.2, -0.15) is 0 Å². The van der Waals surface area contributed by atoms with Crippen molar-refractivity contribution in [2.75, 3.05) is 5.75 Å². The van der Waals surface area contributed by atoms with Gasteiger partial charge in [0.2, 0.25) is 5.91 Å². The summed E-state index contributed by atoms with van der Waals surface area (Å²) in [5, 5.41) is 0. The number of nitrogens with one attached hydrogen (secondary N) is 1. The first kappa shape index (κ1) is 13.9. The lowest BCUT2D eigenvalue weighted by molar-refractivity contribution is -0.119. The highest BCUT2D eigenvalue weighted by Crippen LogP contribution is 2.13. The Morgan fingerprint density at radius 1 is 0.750 bits per heavy atom. The van der Waals surface area contributed by atoms with Gasteiger partial charge < -0.3 is 4.72 Å².